The molecule has 2 rings (SSSR count). The number of nitrogens with two attached hydrogens (primary N) is 1. The quantitative estimate of drug-likeness (QED) is 0.867. The monoisotopic (exact) mass is 233 g/mol. The topological polar surface area (TPSA) is 35.2 Å². The number of hydrogen-bond donors (Lipinski definition) is 1. The fraction of sp³-hybridized carbons (Fsp3) is 0.600. The Hall–Kier alpha value is -0.860. The van der Waals surface area contributed by atoms with E-state index in [1.54, 1.807) is 7.11 Å². The van der Waals surface area contributed by atoms with E-state index in [0.717, 1.165) is 6.42 Å². The largest absolute Gasteiger partial charge is 0.377 e. The lowest BCUT2D eigenvalue weighted by Crippen LogP contribution is -2.39. The molecule has 1 aromatic rings. The van der Waals surface area contributed by atoms with Gasteiger partial charge < -0.3 is 10.5 Å². The van der Waals surface area contributed by atoms with Gasteiger partial charge in [0.1, 0.15) is 0 Å². The molecule has 1 aromatic carbocycles. The van der Waals surface area contributed by atoms with Gasteiger partial charge in [0.15, 0.2) is 0 Å². The third-order valence-corrected chi connectivity index (χ3v) is 4.31. The number of aryl methyl sites for hydroxylation is 2. The van der Waals surface area contributed by atoms with Crippen molar-refractivity contribution in [2.24, 2.45) is 5.73 Å². The minimum atomic E-state index is -0.271. The van der Waals surface area contributed by atoms with Crippen molar-refractivity contribution >= 4 is 0 Å². The molecule has 0 aromatic heterocycles. The normalized spacial score (nSPS) is 19.8. The van der Waals surface area contributed by atoms with Crippen molar-refractivity contribution in [2.75, 3.05) is 7.11 Å². The Bertz CT molecular complexity index is 396. The summed E-state index contributed by atoms with van der Waals surface area (Å²) in [4.78, 5) is 0. The molecule has 1 aliphatic carbocycles. The van der Waals surface area contributed by atoms with E-state index in [4.69, 9.17) is 10.5 Å². The van der Waals surface area contributed by atoms with Crippen LogP contribution >= 0.6 is 0 Å². The Morgan fingerprint density at radius 3 is 2.71 bits per heavy atom. The van der Waals surface area contributed by atoms with E-state index in [1.165, 1.54) is 36.0 Å². The molecule has 0 aliphatic heterocycles. The molecule has 2 heteroatoms. The van der Waals surface area contributed by atoms with E-state index < -0.39 is 0 Å². The smallest absolute Gasteiger partial charge is 0.0839 e. The summed E-state index contributed by atoms with van der Waals surface area (Å²) in [6.45, 7) is 4.21. The Morgan fingerprint density at radius 2 is 2.06 bits per heavy atom. The first-order valence-corrected chi connectivity index (χ1v) is 6.53. The molecular weight excluding hydrogens is 210 g/mol. The molecule has 0 amide bonds. The Balaban J connectivity index is 2.28. The lowest BCUT2D eigenvalue weighted by Gasteiger charge is -2.33. The highest BCUT2D eigenvalue weighted by atomic mass is 16.5. The van der Waals surface area contributed by atoms with Gasteiger partial charge in [-0.1, -0.05) is 25.1 Å². The van der Waals surface area contributed by atoms with Gasteiger partial charge in [0.25, 0.3) is 0 Å². The second-order valence-corrected chi connectivity index (χ2v) is 5.23. The van der Waals surface area contributed by atoms with Crippen molar-refractivity contribution in [3.05, 3.63) is 34.9 Å². The van der Waals surface area contributed by atoms with E-state index in [1.807, 2.05) is 0 Å². The summed E-state index contributed by atoms with van der Waals surface area (Å²) in [5, 5.41) is 0. The van der Waals surface area contributed by atoms with Crippen LogP contribution in [0.4, 0.5) is 0 Å². The van der Waals surface area contributed by atoms with Crippen LogP contribution in [0.1, 0.15) is 49.4 Å². The second-order valence-electron chi connectivity index (χ2n) is 5.23. The van der Waals surface area contributed by atoms with Crippen molar-refractivity contribution in [1.82, 2.24) is 0 Å². The molecule has 0 fully saturated rings. The molecule has 1 aliphatic rings. The number of rotatable bonds is 4. The van der Waals surface area contributed by atoms with Crippen LogP contribution in [-0.2, 0) is 17.6 Å². The standard InChI is InChI=1S/C15H23NO/c1-4-15(2,17-3)14(16)13-9-8-11-6-5-7-12(11)10-13/h8-10,14H,4-7,16H2,1-3H3. The van der Waals surface area contributed by atoms with E-state index in [-0.39, 0.29) is 11.6 Å². The molecule has 0 saturated carbocycles. The Labute approximate surface area is 104 Å². The van der Waals surface area contributed by atoms with Crippen LogP contribution in [0.2, 0.25) is 0 Å². The van der Waals surface area contributed by atoms with E-state index in [2.05, 4.69) is 32.0 Å². The highest BCUT2D eigenvalue weighted by Crippen LogP contribution is 2.32. The van der Waals surface area contributed by atoms with Gasteiger partial charge in [0.2, 0.25) is 0 Å². The molecule has 94 valence electrons. The lowest BCUT2D eigenvalue weighted by atomic mass is 9.87. The van der Waals surface area contributed by atoms with Crippen LogP contribution in [0.3, 0.4) is 0 Å². The van der Waals surface area contributed by atoms with Crippen molar-refractivity contribution in [1.29, 1.82) is 0 Å². The van der Waals surface area contributed by atoms with Crippen LogP contribution < -0.4 is 5.73 Å². The van der Waals surface area contributed by atoms with Gasteiger partial charge in [-0.25, -0.2) is 0 Å². The minimum Gasteiger partial charge on any atom is -0.377 e. The zero-order valence-electron chi connectivity index (χ0n) is 11.1. The van der Waals surface area contributed by atoms with Crippen LogP contribution in [0.15, 0.2) is 18.2 Å². The van der Waals surface area contributed by atoms with Crippen LogP contribution in [0, 0.1) is 0 Å². The molecule has 0 radical (unpaired) electrons. The summed E-state index contributed by atoms with van der Waals surface area (Å²) in [5.41, 5.74) is 10.3. The maximum atomic E-state index is 6.36. The van der Waals surface area contributed by atoms with Crippen molar-refractivity contribution < 1.29 is 4.74 Å². The number of benzene rings is 1. The van der Waals surface area contributed by atoms with Gasteiger partial charge in [0.05, 0.1) is 11.6 Å². The molecule has 17 heavy (non-hydrogen) atoms. The van der Waals surface area contributed by atoms with E-state index in [9.17, 15) is 0 Å². The highest BCUT2D eigenvalue weighted by Gasteiger charge is 2.31. The first-order chi connectivity index (χ1) is 8.10. The number of methoxy groups -OCH3 is 1. The average Bonchev–Trinajstić information content (AvgIpc) is 2.84. The van der Waals surface area contributed by atoms with Crippen LogP contribution in [-0.4, -0.2) is 12.7 Å². The summed E-state index contributed by atoms with van der Waals surface area (Å²) in [5.74, 6) is 0. The number of fused-ring (bicyclic) bond motifs is 1. The molecule has 2 atom stereocenters. The fourth-order valence-electron chi connectivity index (χ4n) is 2.63. The van der Waals surface area contributed by atoms with Crippen molar-refractivity contribution in [2.45, 2.75) is 51.2 Å². The predicted molar refractivity (Wildman–Crippen MR) is 71.1 cm³/mol. The van der Waals surface area contributed by atoms with Crippen LogP contribution in [0.5, 0.6) is 0 Å². The van der Waals surface area contributed by atoms with Crippen LogP contribution in [0.25, 0.3) is 0 Å². The molecule has 0 bridgehead atoms. The molecule has 2 unspecified atom stereocenters. The molecule has 2 N–H and O–H groups in total. The van der Waals surface area contributed by atoms with Gasteiger partial charge >= 0.3 is 0 Å². The summed E-state index contributed by atoms with van der Waals surface area (Å²) < 4.78 is 5.60. The maximum absolute atomic E-state index is 6.36. The van der Waals surface area contributed by atoms with Gasteiger partial charge in [-0.05, 0) is 49.3 Å². The Morgan fingerprint density at radius 1 is 1.35 bits per heavy atom. The maximum Gasteiger partial charge on any atom is 0.0839 e. The van der Waals surface area contributed by atoms with Gasteiger partial charge in [-0.3, -0.25) is 0 Å². The average molecular weight is 233 g/mol. The molecule has 2 nitrogen and oxygen atoms in total. The Kier molecular flexibility index (Phi) is 3.55. The lowest BCUT2D eigenvalue weighted by molar-refractivity contribution is -0.0194. The van der Waals surface area contributed by atoms with Gasteiger partial charge in [0, 0.05) is 7.11 Å². The second kappa shape index (κ2) is 4.79. The summed E-state index contributed by atoms with van der Waals surface area (Å²) in [6, 6.07) is 6.63. The predicted octanol–water partition coefficient (Wildman–Crippen LogP) is 2.99. The van der Waals surface area contributed by atoms with Crippen molar-refractivity contribution in [3.8, 4) is 0 Å². The minimum absolute atomic E-state index is 0.0524. The first-order valence-electron chi connectivity index (χ1n) is 6.53. The third kappa shape index (κ3) is 2.24. The van der Waals surface area contributed by atoms with E-state index >= 15 is 0 Å². The van der Waals surface area contributed by atoms with Crippen molar-refractivity contribution in [3.63, 3.8) is 0 Å². The highest BCUT2D eigenvalue weighted by molar-refractivity contribution is 5.37. The molecule has 0 heterocycles. The molecule has 0 saturated heterocycles. The third-order valence-electron chi connectivity index (χ3n) is 4.31. The zero-order valence-corrected chi connectivity index (χ0v) is 11.1. The first kappa shape index (κ1) is 12.6. The molecular formula is C15H23NO. The summed E-state index contributed by atoms with van der Waals surface area (Å²) >= 11 is 0. The SMILES string of the molecule is CCC(C)(OC)C(N)c1ccc2c(c1)CCC2. The summed E-state index contributed by atoms with van der Waals surface area (Å²) in [6.07, 6.45) is 4.62. The number of ether oxygens (including phenoxy) is 1. The zero-order chi connectivity index (χ0) is 12.5. The van der Waals surface area contributed by atoms with Gasteiger partial charge in [-0.15, -0.1) is 0 Å². The fourth-order valence-corrected chi connectivity index (χ4v) is 2.63. The van der Waals surface area contributed by atoms with E-state index in [0.29, 0.717) is 0 Å². The summed E-state index contributed by atoms with van der Waals surface area (Å²) in [7, 11) is 1.75. The molecule has 0 spiro atoms. The number of hydrogen-bond acceptors (Lipinski definition) is 2. The van der Waals surface area contributed by atoms with Gasteiger partial charge in [-0.2, -0.15) is 0 Å².